The Morgan fingerprint density at radius 1 is 1.10 bits per heavy atom. The molecule has 0 aliphatic heterocycles. The van der Waals surface area contributed by atoms with E-state index in [9.17, 15) is 10.2 Å². The smallest absolute Gasteiger partial charge is 0.119 e. The van der Waals surface area contributed by atoms with Crippen LogP contribution >= 0.6 is 0 Å². The maximum Gasteiger partial charge on any atom is 0.119 e. The average Bonchev–Trinajstić information content (AvgIpc) is 2.90. The fourth-order valence-electron chi connectivity index (χ4n) is 2.99. The van der Waals surface area contributed by atoms with Crippen LogP contribution in [0.3, 0.4) is 0 Å². The number of nitrogens with one attached hydrogen (secondary N) is 1. The van der Waals surface area contributed by atoms with Crippen molar-refractivity contribution in [2.45, 2.75) is 24.9 Å². The molecule has 1 aliphatic carbocycles. The molecule has 2 atom stereocenters. The molecule has 3 nitrogen and oxygen atoms in total. The molecular formula is C17H19NO2. The summed E-state index contributed by atoms with van der Waals surface area (Å²) in [4.78, 5) is 0. The van der Waals surface area contributed by atoms with Crippen molar-refractivity contribution < 1.29 is 10.2 Å². The van der Waals surface area contributed by atoms with Crippen LogP contribution in [0.15, 0.2) is 48.5 Å². The number of rotatable bonds is 4. The van der Waals surface area contributed by atoms with Gasteiger partial charge in [-0.1, -0.05) is 42.5 Å². The highest BCUT2D eigenvalue weighted by molar-refractivity contribution is 5.44. The van der Waals surface area contributed by atoms with E-state index in [-0.39, 0.29) is 18.7 Å². The molecule has 3 rings (SSSR count). The summed E-state index contributed by atoms with van der Waals surface area (Å²) in [6, 6.07) is 15.8. The molecule has 0 saturated carbocycles. The summed E-state index contributed by atoms with van der Waals surface area (Å²) in [5, 5.41) is 23.0. The summed E-state index contributed by atoms with van der Waals surface area (Å²) in [7, 11) is 0. The maximum atomic E-state index is 9.88. The zero-order chi connectivity index (χ0) is 13.9. The van der Waals surface area contributed by atoms with Gasteiger partial charge in [0.15, 0.2) is 0 Å². The lowest BCUT2D eigenvalue weighted by Gasteiger charge is -2.22. The van der Waals surface area contributed by atoms with E-state index in [0.717, 1.165) is 29.5 Å². The monoisotopic (exact) mass is 269 g/mol. The molecule has 2 unspecified atom stereocenters. The van der Waals surface area contributed by atoms with Crippen LogP contribution in [-0.2, 0) is 6.42 Å². The van der Waals surface area contributed by atoms with Gasteiger partial charge in [0, 0.05) is 6.04 Å². The highest BCUT2D eigenvalue weighted by Gasteiger charge is 2.26. The van der Waals surface area contributed by atoms with Crippen LogP contribution in [-0.4, -0.2) is 16.8 Å². The minimum Gasteiger partial charge on any atom is -0.508 e. The van der Waals surface area contributed by atoms with Crippen LogP contribution in [0.1, 0.15) is 35.2 Å². The lowest BCUT2D eigenvalue weighted by atomic mass is 10.0. The fourth-order valence-corrected chi connectivity index (χ4v) is 2.99. The Balaban J connectivity index is 1.81. The van der Waals surface area contributed by atoms with Gasteiger partial charge in [-0.3, -0.25) is 0 Å². The first kappa shape index (κ1) is 13.2. The molecule has 2 aromatic rings. The Bertz CT molecular complexity index is 583. The highest BCUT2D eigenvalue weighted by Crippen LogP contribution is 2.37. The van der Waals surface area contributed by atoms with Crippen molar-refractivity contribution >= 4 is 0 Å². The van der Waals surface area contributed by atoms with E-state index in [4.69, 9.17) is 0 Å². The van der Waals surface area contributed by atoms with Crippen LogP contribution in [0.5, 0.6) is 5.75 Å². The van der Waals surface area contributed by atoms with Crippen molar-refractivity contribution in [1.29, 1.82) is 0 Å². The maximum absolute atomic E-state index is 9.88. The van der Waals surface area contributed by atoms with E-state index >= 15 is 0 Å². The first-order chi connectivity index (χ1) is 9.79. The van der Waals surface area contributed by atoms with Crippen molar-refractivity contribution in [1.82, 2.24) is 5.32 Å². The van der Waals surface area contributed by atoms with Gasteiger partial charge in [0.1, 0.15) is 5.75 Å². The number of benzene rings is 2. The quantitative estimate of drug-likeness (QED) is 0.800. The van der Waals surface area contributed by atoms with E-state index < -0.39 is 0 Å². The number of phenolic OH excluding ortho intramolecular Hbond substituents is 1. The second-order valence-electron chi connectivity index (χ2n) is 5.25. The molecule has 0 amide bonds. The molecule has 0 heterocycles. The number of aromatic hydroxyl groups is 1. The van der Waals surface area contributed by atoms with Crippen LogP contribution < -0.4 is 5.32 Å². The Hall–Kier alpha value is -1.84. The Morgan fingerprint density at radius 2 is 1.90 bits per heavy atom. The summed E-state index contributed by atoms with van der Waals surface area (Å²) in [5.74, 6) is 0.382. The largest absolute Gasteiger partial charge is 0.508 e. The van der Waals surface area contributed by atoms with Gasteiger partial charge < -0.3 is 15.5 Å². The van der Waals surface area contributed by atoms with Gasteiger partial charge >= 0.3 is 0 Å². The molecule has 3 N–H and O–H groups in total. The summed E-state index contributed by atoms with van der Waals surface area (Å²) in [6.45, 7) is 0.0641. The van der Waals surface area contributed by atoms with Crippen molar-refractivity contribution in [2.75, 3.05) is 6.61 Å². The molecule has 0 aromatic heterocycles. The lowest BCUT2D eigenvalue weighted by Crippen LogP contribution is -2.27. The second-order valence-corrected chi connectivity index (χ2v) is 5.25. The molecular weight excluding hydrogens is 250 g/mol. The Kier molecular flexibility index (Phi) is 3.72. The summed E-state index contributed by atoms with van der Waals surface area (Å²) < 4.78 is 0. The molecule has 0 radical (unpaired) electrons. The average molecular weight is 269 g/mol. The first-order valence-corrected chi connectivity index (χ1v) is 7.02. The molecule has 2 aromatic carbocycles. The molecule has 0 spiro atoms. The zero-order valence-corrected chi connectivity index (χ0v) is 11.3. The third-order valence-electron chi connectivity index (χ3n) is 4.03. The molecule has 0 fully saturated rings. The predicted molar refractivity (Wildman–Crippen MR) is 78.6 cm³/mol. The second kappa shape index (κ2) is 5.65. The van der Waals surface area contributed by atoms with E-state index in [1.807, 2.05) is 36.4 Å². The Labute approximate surface area is 118 Å². The zero-order valence-electron chi connectivity index (χ0n) is 11.3. The van der Waals surface area contributed by atoms with Crippen LogP contribution in [0, 0.1) is 0 Å². The van der Waals surface area contributed by atoms with Gasteiger partial charge in [0.25, 0.3) is 0 Å². The third kappa shape index (κ3) is 2.42. The minimum absolute atomic E-state index is 0.0641. The van der Waals surface area contributed by atoms with Gasteiger partial charge in [-0.2, -0.15) is 0 Å². The van der Waals surface area contributed by atoms with Crippen molar-refractivity contribution in [3.05, 3.63) is 65.2 Å². The molecule has 0 saturated heterocycles. The van der Waals surface area contributed by atoms with E-state index in [1.165, 1.54) is 0 Å². The van der Waals surface area contributed by atoms with E-state index in [0.29, 0.717) is 5.75 Å². The van der Waals surface area contributed by atoms with Crippen LogP contribution in [0.25, 0.3) is 0 Å². The third-order valence-corrected chi connectivity index (χ3v) is 4.03. The summed E-state index contributed by atoms with van der Waals surface area (Å²) >= 11 is 0. The van der Waals surface area contributed by atoms with Crippen LogP contribution in [0.4, 0.5) is 0 Å². The lowest BCUT2D eigenvalue weighted by molar-refractivity contribution is 0.233. The molecule has 20 heavy (non-hydrogen) atoms. The Morgan fingerprint density at radius 3 is 2.65 bits per heavy atom. The van der Waals surface area contributed by atoms with E-state index in [2.05, 4.69) is 11.4 Å². The first-order valence-electron chi connectivity index (χ1n) is 7.02. The van der Waals surface area contributed by atoms with Gasteiger partial charge in [-0.05, 0) is 35.6 Å². The van der Waals surface area contributed by atoms with Gasteiger partial charge in [0.2, 0.25) is 0 Å². The normalized spacial score (nSPS) is 18.8. The van der Waals surface area contributed by atoms with Crippen LogP contribution in [0.2, 0.25) is 0 Å². The fraction of sp³-hybridized carbons (Fsp3) is 0.294. The van der Waals surface area contributed by atoms with Gasteiger partial charge in [-0.15, -0.1) is 0 Å². The summed E-state index contributed by atoms with van der Waals surface area (Å²) in [6.07, 6.45) is 1.84. The molecule has 1 aliphatic rings. The van der Waals surface area contributed by atoms with Crippen molar-refractivity contribution in [3.63, 3.8) is 0 Å². The number of phenols is 1. The van der Waals surface area contributed by atoms with Gasteiger partial charge in [0.05, 0.1) is 12.6 Å². The van der Waals surface area contributed by atoms with Crippen molar-refractivity contribution in [3.8, 4) is 5.75 Å². The van der Waals surface area contributed by atoms with E-state index in [1.54, 1.807) is 6.07 Å². The number of aliphatic hydroxyl groups excluding tert-OH is 1. The SMILES string of the molecule is OCC(NC1CCc2c(O)cccc21)c1ccccc1. The number of hydrogen-bond donors (Lipinski definition) is 3. The number of fused-ring (bicyclic) bond motifs is 1. The predicted octanol–water partition coefficient (Wildman–Crippen LogP) is 2.70. The summed E-state index contributed by atoms with van der Waals surface area (Å²) in [5.41, 5.74) is 3.28. The van der Waals surface area contributed by atoms with Gasteiger partial charge in [-0.25, -0.2) is 0 Å². The molecule has 104 valence electrons. The number of aliphatic hydroxyl groups is 1. The topological polar surface area (TPSA) is 52.5 Å². The molecule has 3 heteroatoms. The highest BCUT2D eigenvalue weighted by atomic mass is 16.3. The standard InChI is InChI=1S/C17H19NO2/c19-11-16(12-5-2-1-3-6-12)18-15-10-9-14-13(15)7-4-8-17(14)20/h1-8,15-16,18-20H,9-11H2. The molecule has 0 bridgehead atoms. The minimum atomic E-state index is -0.0745. The number of hydrogen-bond acceptors (Lipinski definition) is 3. The van der Waals surface area contributed by atoms with Crippen molar-refractivity contribution in [2.24, 2.45) is 0 Å².